The fraction of sp³-hybridized carbons (Fsp3) is 0.632. The van der Waals surface area contributed by atoms with E-state index < -0.39 is 4.92 Å². The third-order valence-electron chi connectivity index (χ3n) is 5.63. The highest BCUT2D eigenvalue weighted by molar-refractivity contribution is 5.76. The van der Waals surface area contributed by atoms with E-state index in [1.807, 2.05) is 17.0 Å². The minimum atomic E-state index is -0.433. The van der Waals surface area contributed by atoms with Gasteiger partial charge in [0.2, 0.25) is 0 Å². The molecule has 2 fully saturated rings. The molecule has 1 aromatic carbocycles. The first-order valence-corrected chi connectivity index (χ1v) is 9.35. The fourth-order valence-corrected chi connectivity index (χ4v) is 3.99. The van der Waals surface area contributed by atoms with Crippen LogP contribution in [-0.4, -0.2) is 57.5 Å². The Morgan fingerprint density at radius 2 is 1.56 bits per heavy atom. The summed E-state index contributed by atoms with van der Waals surface area (Å²) in [5, 5.41) is 21.2. The Morgan fingerprint density at radius 1 is 1.04 bits per heavy atom. The third kappa shape index (κ3) is 4.15. The lowest BCUT2D eigenvalue weighted by Crippen LogP contribution is -2.38. The zero-order chi connectivity index (χ0) is 19.4. The first-order chi connectivity index (χ1) is 13.1. The number of benzene rings is 1. The van der Waals surface area contributed by atoms with E-state index in [9.17, 15) is 15.4 Å². The quantitative estimate of drug-likeness (QED) is 0.578. The maximum absolute atomic E-state index is 11.7. The van der Waals surface area contributed by atoms with Gasteiger partial charge in [0.1, 0.15) is 17.3 Å². The maximum Gasteiger partial charge on any atom is 0.310 e. The Morgan fingerprint density at radius 3 is 2.00 bits per heavy atom. The van der Waals surface area contributed by atoms with Gasteiger partial charge in [0.15, 0.2) is 0 Å². The number of nitriles is 1. The molecule has 0 aromatic heterocycles. The second-order valence-corrected chi connectivity index (χ2v) is 7.07. The summed E-state index contributed by atoms with van der Waals surface area (Å²) >= 11 is 0. The summed E-state index contributed by atoms with van der Waals surface area (Å²) in [4.78, 5) is 15.5. The van der Waals surface area contributed by atoms with E-state index in [4.69, 9.17) is 9.47 Å². The molecule has 0 bridgehead atoms. The predicted molar refractivity (Wildman–Crippen MR) is 102 cm³/mol. The van der Waals surface area contributed by atoms with Crippen LogP contribution < -0.4 is 9.80 Å². The van der Waals surface area contributed by atoms with E-state index in [2.05, 4.69) is 4.90 Å². The first kappa shape index (κ1) is 19.4. The van der Waals surface area contributed by atoms with Gasteiger partial charge in [0, 0.05) is 46.1 Å². The number of hydrogen-bond donors (Lipinski definition) is 0. The molecule has 2 heterocycles. The summed E-state index contributed by atoms with van der Waals surface area (Å²) in [6.45, 7) is 2.98. The van der Waals surface area contributed by atoms with Crippen molar-refractivity contribution in [3.8, 4) is 6.07 Å². The van der Waals surface area contributed by atoms with Crippen molar-refractivity contribution in [3.63, 3.8) is 0 Å². The fourth-order valence-electron chi connectivity index (χ4n) is 3.99. The largest absolute Gasteiger partial charge is 0.381 e. The molecule has 2 aliphatic heterocycles. The van der Waals surface area contributed by atoms with Gasteiger partial charge in [-0.3, -0.25) is 10.1 Å². The van der Waals surface area contributed by atoms with Crippen molar-refractivity contribution >= 4 is 17.1 Å². The summed E-state index contributed by atoms with van der Waals surface area (Å²) in [6, 6.07) is 5.56. The van der Waals surface area contributed by atoms with Crippen LogP contribution in [0.5, 0.6) is 0 Å². The number of nitrogens with zero attached hydrogens (tertiary/aromatic N) is 4. The maximum atomic E-state index is 11.7. The van der Waals surface area contributed by atoms with Gasteiger partial charge < -0.3 is 19.3 Å². The number of hydrogen-bond acceptors (Lipinski definition) is 7. The van der Waals surface area contributed by atoms with Gasteiger partial charge in [0.25, 0.3) is 0 Å². The van der Waals surface area contributed by atoms with Gasteiger partial charge in [-0.15, -0.1) is 0 Å². The molecule has 27 heavy (non-hydrogen) atoms. The highest BCUT2D eigenvalue weighted by Gasteiger charge is 2.30. The van der Waals surface area contributed by atoms with Crippen LogP contribution in [0, 0.1) is 21.4 Å². The monoisotopic (exact) mass is 374 g/mol. The van der Waals surface area contributed by atoms with Gasteiger partial charge >= 0.3 is 5.69 Å². The molecule has 0 radical (unpaired) electrons. The number of nitro groups is 1. The van der Waals surface area contributed by atoms with Crippen molar-refractivity contribution in [1.29, 1.82) is 5.26 Å². The Labute approximate surface area is 159 Å². The van der Waals surface area contributed by atoms with Crippen molar-refractivity contribution in [1.82, 2.24) is 0 Å². The van der Waals surface area contributed by atoms with Crippen LogP contribution in [0.15, 0.2) is 12.1 Å². The second kappa shape index (κ2) is 8.55. The summed E-state index contributed by atoms with van der Waals surface area (Å²) in [7, 11) is 3.42. The van der Waals surface area contributed by atoms with Crippen LogP contribution >= 0.6 is 0 Å². The number of rotatable bonds is 5. The summed E-state index contributed by atoms with van der Waals surface area (Å²) in [5.74, 6) is 0. The lowest BCUT2D eigenvalue weighted by atomic mass is 10.0. The standard InChI is InChI=1S/C19H26N4O4/c1-26-16-3-7-21(8-4-16)15-11-14(13-20)19(23(24)25)18(12-15)22-9-5-17(27-2)6-10-22/h11-12,16-17H,3-10H2,1-2H3. The number of nitro benzene ring substituents is 1. The number of anilines is 2. The van der Waals surface area contributed by atoms with E-state index in [0.29, 0.717) is 18.8 Å². The Hall–Kier alpha value is -2.37. The van der Waals surface area contributed by atoms with E-state index in [1.54, 1.807) is 20.3 Å². The van der Waals surface area contributed by atoms with Crippen LogP contribution in [0.25, 0.3) is 0 Å². The zero-order valence-electron chi connectivity index (χ0n) is 15.9. The summed E-state index contributed by atoms with van der Waals surface area (Å²) in [6.07, 6.45) is 3.89. The summed E-state index contributed by atoms with van der Waals surface area (Å²) in [5.41, 5.74) is 1.44. The smallest absolute Gasteiger partial charge is 0.310 e. The van der Waals surface area contributed by atoms with Crippen molar-refractivity contribution in [2.75, 3.05) is 50.2 Å². The van der Waals surface area contributed by atoms with Crippen molar-refractivity contribution < 1.29 is 14.4 Å². The van der Waals surface area contributed by atoms with Gasteiger partial charge in [0.05, 0.1) is 17.1 Å². The molecule has 0 saturated carbocycles. The predicted octanol–water partition coefficient (Wildman–Crippen LogP) is 2.70. The average molecular weight is 374 g/mol. The van der Waals surface area contributed by atoms with Gasteiger partial charge in [-0.05, 0) is 37.8 Å². The van der Waals surface area contributed by atoms with Crippen molar-refractivity contribution in [3.05, 3.63) is 27.8 Å². The minimum absolute atomic E-state index is 0.0936. The lowest BCUT2D eigenvalue weighted by molar-refractivity contribution is -0.384. The molecule has 0 atom stereocenters. The number of ether oxygens (including phenoxy) is 2. The van der Waals surface area contributed by atoms with Gasteiger partial charge in [-0.1, -0.05) is 0 Å². The molecule has 2 aliphatic rings. The molecular weight excluding hydrogens is 348 g/mol. The molecule has 0 unspecified atom stereocenters. The Bertz CT molecular complexity index is 717. The topological polar surface area (TPSA) is 91.9 Å². The molecule has 3 rings (SSSR count). The van der Waals surface area contributed by atoms with Crippen molar-refractivity contribution in [2.24, 2.45) is 0 Å². The minimum Gasteiger partial charge on any atom is -0.381 e. The molecule has 0 aliphatic carbocycles. The Kier molecular flexibility index (Phi) is 6.14. The molecule has 2 saturated heterocycles. The highest BCUT2D eigenvalue weighted by atomic mass is 16.6. The normalized spacial score (nSPS) is 19.1. The van der Waals surface area contributed by atoms with E-state index in [1.165, 1.54) is 0 Å². The molecule has 146 valence electrons. The third-order valence-corrected chi connectivity index (χ3v) is 5.63. The van der Waals surface area contributed by atoms with Crippen LogP contribution in [0.1, 0.15) is 31.2 Å². The average Bonchev–Trinajstić information content (AvgIpc) is 2.72. The van der Waals surface area contributed by atoms with Crippen LogP contribution in [-0.2, 0) is 9.47 Å². The van der Waals surface area contributed by atoms with Gasteiger partial charge in [-0.2, -0.15) is 5.26 Å². The second-order valence-electron chi connectivity index (χ2n) is 7.07. The lowest BCUT2D eigenvalue weighted by Gasteiger charge is -2.35. The molecule has 8 heteroatoms. The number of piperidine rings is 2. The molecule has 0 amide bonds. The highest BCUT2D eigenvalue weighted by Crippen LogP contribution is 2.38. The Balaban J connectivity index is 1.93. The SMILES string of the molecule is COC1CCN(c2cc(C#N)c([N+](=O)[O-])c(N3CCC(OC)CC3)c2)CC1. The van der Waals surface area contributed by atoms with E-state index in [-0.39, 0.29) is 23.5 Å². The molecule has 0 spiro atoms. The van der Waals surface area contributed by atoms with Crippen molar-refractivity contribution in [2.45, 2.75) is 37.9 Å². The van der Waals surface area contributed by atoms with Crippen LogP contribution in [0.4, 0.5) is 17.1 Å². The van der Waals surface area contributed by atoms with Gasteiger partial charge in [-0.25, -0.2) is 0 Å². The van der Waals surface area contributed by atoms with Crippen LogP contribution in [0.2, 0.25) is 0 Å². The van der Waals surface area contributed by atoms with E-state index in [0.717, 1.165) is 44.5 Å². The zero-order valence-corrected chi connectivity index (χ0v) is 15.9. The first-order valence-electron chi connectivity index (χ1n) is 9.35. The van der Waals surface area contributed by atoms with E-state index >= 15 is 0 Å². The van der Waals surface area contributed by atoms with Crippen LogP contribution in [0.3, 0.4) is 0 Å². The molecule has 8 nitrogen and oxygen atoms in total. The number of methoxy groups -OCH3 is 2. The molecule has 1 aromatic rings. The molecular formula is C19H26N4O4. The molecule has 0 N–H and O–H groups in total. The summed E-state index contributed by atoms with van der Waals surface area (Å²) < 4.78 is 10.8.